The van der Waals surface area contributed by atoms with Crippen molar-refractivity contribution in [1.82, 2.24) is 0 Å². The van der Waals surface area contributed by atoms with Crippen LogP contribution in [0, 0.1) is 17.5 Å². The number of quaternary nitrogens is 1. The summed E-state index contributed by atoms with van der Waals surface area (Å²) in [4.78, 5) is 0. The van der Waals surface area contributed by atoms with Gasteiger partial charge in [0.1, 0.15) is 24.0 Å². The van der Waals surface area contributed by atoms with Gasteiger partial charge in [0.15, 0.2) is 0 Å². The van der Waals surface area contributed by atoms with Crippen LogP contribution in [0.4, 0.5) is 13.2 Å². The van der Waals surface area contributed by atoms with Crippen molar-refractivity contribution in [2.75, 3.05) is 21.1 Å². The molecule has 0 aromatic heterocycles. The summed E-state index contributed by atoms with van der Waals surface area (Å²) in [6.07, 6.45) is 0. The zero-order chi connectivity index (χ0) is 10.9. The maximum absolute atomic E-state index is 13.2. The van der Waals surface area contributed by atoms with Crippen LogP contribution in [-0.2, 0) is 6.54 Å². The van der Waals surface area contributed by atoms with Crippen LogP contribution in [0.1, 0.15) is 5.56 Å². The van der Waals surface area contributed by atoms with Gasteiger partial charge in [0, 0.05) is 12.1 Å². The second-order valence-corrected chi connectivity index (χ2v) is 4.30. The molecule has 0 fully saturated rings. The summed E-state index contributed by atoms with van der Waals surface area (Å²) >= 11 is 0. The van der Waals surface area contributed by atoms with Gasteiger partial charge in [-0.3, -0.25) is 0 Å². The second kappa shape index (κ2) is 3.61. The minimum absolute atomic E-state index is 0.0705. The predicted molar refractivity (Wildman–Crippen MR) is 48.1 cm³/mol. The lowest BCUT2D eigenvalue weighted by Crippen LogP contribution is -2.34. The van der Waals surface area contributed by atoms with E-state index in [1.54, 1.807) is 0 Å². The van der Waals surface area contributed by atoms with Gasteiger partial charge in [0.2, 0.25) is 0 Å². The molecule has 0 aliphatic rings. The van der Waals surface area contributed by atoms with Crippen LogP contribution in [0.5, 0.6) is 0 Å². The van der Waals surface area contributed by atoms with E-state index in [1.165, 1.54) is 0 Å². The van der Waals surface area contributed by atoms with Crippen molar-refractivity contribution in [3.63, 3.8) is 0 Å². The second-order valence-electron chi connectivity index (χ2n) is 4.30. The van der Waals surface area contributed by atoms with Crippen molar-refractivity contribution in [3.05, 3.63) is 35.1 Å². The summed E-state index contributed by atoms with van der Waals surface area (Å²) in [6, 6.07) is 1.40. The normalized spacial score (nSPS) is 11.9. The van der Waals surface area contributed by atoms with Crippen LogP contribution < -0.4 is 0 Å². The first kappa shape index (κ1) is 11.0. The molecular weight excluding hydrogens is 191 g/mol. The Kier molecular flexibility index (Phi) is 2.85. The lowest BCUT2D eigenvalue weighted by atomic mass is 10.1. The smallest absolute Gasteiger partial charge is 0.137 e. The van der Waals surface area contributed by atoms with Crippen molar-refractivity contribution >= 4 is 0 Å². The van der Waals surface area contributed by atoms with E-state index >= 15 is 0 Å². The van der Waals surface area contributed by atoms with Gasteiger partial charge in [0.05, 0.1) is 26.7 Å². The van der Waals surface area contributed by atoms with Gasteiger partial charge in [-0.25, -0.2) is 13.2 Å². The Morgan fingerprint density at radius 1 is 1.00 bits per heavy atom. The van der Waals surface area contributed by atoms with Gasteiger partial charge < -0.3 is 4.48 Å². The highest BCUT2D eigenvalue weighted by Gasteiger charge is 2.18. The van der Waals surface area contributed by atoms with Crippen LogP contribution in [0.15, 0.2) is 12.1 Å². The maximum atomic E-state index is 13.2. The van der Waals surface area contributed by atoms with Crippen LogP contribution >= 0.6 is 0 Å². The van der Waals surface area contributed by atoms with Gasteiger partial charge in [0.25, 0.3) is 0 Å². The van der Waals surface area contributed by atoms with E-state index in [4.69, 9.17) is 0 Å². The summed E-state index contributed by atoms with van der Waals surface area (Å²) in [6.45, 7) is 0.192. The van der Waals surface area contributed by atoms with Crippen LogP contribution in [0.2, 0.25) is 0 Å². The van der Waals surface area contributed by atoms with Crippen LogP contribution in [0.3, 0.4) is 0 Å². The van der Waals surface area contributed by atoms with Crippen molar-refractivity contribution in [2.24, 2.45) is 0 Å². The van der Waals surface area contributed by atoms with Crippen molar-refractivity contribution in [1.29, 1.82) is 0 Å². The van der Waals surface area contributed by atoms with Gasteiger partial charge in [-0.05, 0) is 0 Å². The Morgan fingerprint density at radius 3 is 1.79 bits per heavy atom. The Hall–Kier alpha value is -1.03. The van der Waals surface area contributed by atoms with Crippen molar-refractivity contribution in [3.8, 4) is 0 Å². The highest BCUT2D eigenvalue weighted by molar-refractivity contribution is 5.19. The highest BCUT2D eigenvalue weighted by atomic mass is 19.1. The van der Waals surface area contributed by atoms with E-state index in [0.29, 0.717) is 16.6 Å². The Morgan fingerprint density at radius 2 is 1.43 bits per heavy atom. The molecule has 1 rings (SSSR count). The van der Waals surface area contributed by atoms with Gasteiger partial charge in [-0.15, -0.1) is 0 Å². The van der Waals surface area contributed by atoms with E-state index in [9.17, 15) is 13.2 Å². The number of benzene rings is 1. The monoisotopic (exact) mass is 204 g/mol. The molecule has 0 saturated carbocycles. The third kappa shape index (κ3) is 2.73. The SMILES string of the molecule is C[N+](C)(C)Cc1c(F)cc(F)cc1F. The van der Waals surface area contributed by atoms with Crippen LogP contribution in [0.25, 0.3) is 0 Å². The molecule has 4 heteroatoms. The molecule has 0 radical (unpaired) electrons. The summed E-state index contributed by atoms with van der Waals surface area (Å²) in [5.74, 6) is -2.53. The Bertz CT molecular complexity index is 319. The fourth-order valence-corrected chi connectivity index (χ4v) is 1.20. The first-order valence-corrected chi connectivity index (χ1v) is 4.23. The third-order valence-corrected chi connectivity index (χ3v) is 1.74. The lowest BCUT2D eigenvalue weighted by molar-refractivity contribution is -0.884. The number of nitrogens with zero attached hydrogens (tertiary/aromatic N) is 1. The molecule has 1 aromatic rings. The molecule has 0 spiro atoms. The quantitative estimate of drug-likeness (QED) is 0.648. The van der Waals surface area contributed by atoms with E-state index < -0.39 is 17.5 Å². The van der Waals surface area contributed by atoms with Gasteiger partial charge in [-0.1, -0.05) is 0 Å². The average Bonchev–Trinajstić information content (AvgIpc) is 1.95. The molecule has 0 saturated heterocycles. The minimum Gasteiger partial charge on any atom is -0.327 e. The molecule has 1 nitrogen and oxygen atoms in total. The summed E-state index contributed by atoms with van der Waals surface area (Å²) < 4.78 is 39.2. The minimum atomic E-state index is -0.884. The molecule has 14 heavy (non-hydrogen) atoms. The van der Waals surface area contributed by atoms with E-state index in [-0.39, 0.29) is 12.1 Å². The molecule has 0 N–H and O–H groups in total. The molecule has 0 atom stereocenters. The first-order chi connectivity index (χ1) is 6.29. The zero-order valence-electron chi connectivity index (χ0n) is 8.44. The third-order valence-electron chi connectivity index (χ3n) is 1.74. The molecule has 0 bridgehead atoms. The maximum Gasteiger partial charge on any atom is 0.137 e. The summed E-state index contributed by atoms with van der Waals surface area (Å²) in [7, 11) is 5.42. The molecular formula is C10H13F3N+. The van der Waals surface area contributed by atoms with Crippen LogP contribution in [-0.4, -0.2) is 25.6 Å². The highest BCUT2D eigenvalue weighted by Crippen LogP contribution is 2.17. The van der Waals surface area contributed by atoms with E-state index in [2.05, 4.69) is 0 Å². The van der Waals surface area contributed by atoms with Crippen molar-refractivity contribution < 1.29 is 17.7 Å². The molecule has 0 aliphatic carbocycles. The molecule has 1 aromatic carbocycles. The molecule has 0 unspecified atom stereocenters. The topological polar surface area (TPSA) is 0 Å². The molecule has 78 valence electrons. The lowest BCUT2D eigenvalue weighted by Gasteiger charge is -2.24. The molecule has 0 heterocycles. The largest absolute Gasteiger partial charge is 0.327 e. The fourth-order valence-electron chi connectivity index (χ4n) is 1.20. The summed E-state index contributed by atoms with van der Waals surface area (Å²) in [5.41, 5.74) is -0.0705. The number of rotatable bonds is 2. The van der Waals surface area contributed by atoms with Gasteiger partial charge >= 0.3 is 0 Å². The van der Waals surface area contributed by atoms with E-state index in [0.717, 1.165) is 0 Å². The average molecular weight is 204 g/mol. The molecule has 0 aliphatic heterocycles. The fraction of sp³-hybridized carbons (Fsp3) is 0.400. The number of halogens is 3. The van der Waals surface area contributed by atoms with Gasteiger partial charge in [-0.2, -0.15) is 0 Å². The number of hydrogen-bond acceptors (Lipinski definition) is 0. The standard InChI is InChI=1S/C10H13F3N/c1-14(2,3)6-8-9(12)4-7(11)5-10(8)13/h4-5H,6H2,1-3H3/q+1. The Balaban J connectivity index is 3.09. The first-order valence-electron chi connectivity index (χ1n) is 4.23. The van der Waals surface area contributed by atoms with E-state index in [1.807, 2.05) is 21.1 Å². The zero-order valence-corrected chi connectivity index (χ0v) is 8.44. The Labute approximate surface area is 81.4 Å². The predicted octanol–water partition coefficient (Wildman–Crippen LogP) is 2.31. The number of hydrogen-bond donors (Lipinski definition) is 0. The summed E-state index contributed by atoms with van der Waals surface area (Å²) in [5, 5.41) is 0. The van der Waals surface area contributed by atoms with Crippen molar-refractivity contribution in [2.45, 2.75) is 6.54 Å². The molecule has 0 amide bonds.